The van der Waals surface area contributed by atoms with Gasteiger partial charge < -0.3 is 10.4 Å². The first kappa shape index (κ1) is 17.0. The van der Waals surface area contributed by atoms with Crippen LogP contribution >= 0.6 is 27.7 Å². The molecular formula is C15H24BrNOS. The molecule has 0 spiro atoms. The highest BCUT2D eigenvalue weighted by Gasteiger charge is 2.09. The molecule has 1 aromatic rings. The summed E-state index contributed by atoms with van der Waals surface area (Å²) in [5.74, 6) is 0.667. The summed E-state index contributed by atoms with van der Waals surface area (Å²) in [4.78, 5) is 1.30. The van der Waals surface area contributed by atoms with Crippen molar-refractivity contribution in [1.29, 1.82) is 0 Å². The summed E-state index contributed by atoms with van der Waals surface area (Å²) < 4.78 is 1.11. The minimum atomic E-state index is 0.253. The van der Waals surface area contributed by atoms with Crippen LogP contribution in [0, 0.1) is 5.92 Å². The van der Waals surface area contributed by atoms with Gasteiger partial charge in [-0.15, -0.1) is 11.8 Å². The van der Waals surface area contributed by atoms with E-state index in [4.69, 9.17) is 5.11 Å². The minimum absolute atomic E-state index is 0.253. The van der Waals surface area contributed by atoms with Crippen molar-refractivity contribution in [2.75, 3.05) is 13.2 Å². The number of aliphatic hydroxyl groups excluding tert-OH is 1. The van der Waals surface area contributed by atoms with Gasteiger partial charge in [0.15, 0.2) is 0 Å². The topological polar surface area (TPSA) is 32.3 Å². The summed E-state index contributed by atoms with van der Waals surface area (Å²) in [5.41, 5.74) is 1.33. The highest BCUT2D eigenvalue weighted by atomic mass is 79.9. The highest BCUT2D eigenvalue weighted by Crippen LogP contribution is 2.30. The van der Waals surface area contributed by atoms with Gasteiger partial charge in [-0.05, 0) is 36.6 Å². The van der Waals surface area contributed by atoms with Crippen molar-refractivity contribution in [3.05, 3.63) is 28.2 Å². The monoisotopic (exact) mass is 345 g/mol. The maximum atomic E-state index is 9.01. The third-order valence-electron chi connectivity index (χ3n) is 2.76. The van der Waals surface area contributed by atoms with E-state index in [9.17, 15) is 0 Å². The number of thioether (sulfide) groups is 1. The molecule has 2 N–H and O–H groups in total. The average Bonchev–Trinajstić information content (AvgIpc) is 2.31. The van der Waals surface area contributed by atoms with Gasteiger partial charge in [-0.1, -0.05) is 42.8 Å². The second-order valence-electron chi connectivity index (χ2n) is 5.22. The van der Waals surface area contributed by atoms with Gasteiger partial charge in [0.1, 0.15) is 0 Å². The van der Waals surface area contributed by atoms with Gasteiger partial charge in [0.2, 0.25) is 0 Å². The van der Waals surface area contributed by atoms with Crippen molar-refractivity contribution in [1.82, 2.24) is 5.32 Å². The van der Waals surface area contributed by atoms with Crippen LogP contribution < -0.4 is 5.32 Å². The lowest BCUT2D eigenvalue weighted by Gasteiger charge is -2.15. The summed E-state index contributed by atoms with van der Waals surface area (Å²) in [5, 5.41) is 12.9. The van der Waals surface area contributed by atoms with Crippen molar-refractivity contribution in [3.8, 4) is 0 Å². The van der Waals surface area contributed by atoms with Crippen molar-refractivity contribution in [2.45, 2.75) is 43.9 Å². The van der Waals surface area contributed by atoms with Crippen LogP contribution in [-0.2, 0) is 6.54 Å². The van der Waals surface area contributed by atoms with Gasteiger partial charge in [0.05, 0.1) is 0 Å². The molecule has 1 atom stereocenters. The second kappa shape index (κ2) is 9.01. The second-order valence-corrected chi connectivity index (χ2v) is 7.61. The Labute approximate surface area is 129 Å². The lowest BCUT2D eigenvalue weighted by molar-refractivity contribution is 0.289. The predicted octanol–water partition coefficient (Wildman–Crippen LogP) is 4.06. The van der Waals surface area contributed by atoms with Crippen LogP contribution in [-0.4, -0.2) is 23.5 Å². The molecule has 0 fully saturated rings. The molecule has 1 aromatic carbocycles. The van der Waals surface area contributed by atoms with E-state index in [-0.39, 0.29) is 6.61 Å². The van der Waals surface area contributed by atoms with Crippen LogP contribution in [0.3, 0.4) is 0 Å². The molecular weight excluding hydrogens is 322 g/mol. The van der Waals surface area contributed by atoms with Gasteiger partial charge in [0, 0.05) is 27.8 Å². The van der Waals surface area contributed by atoms with Crippen molar-refractivity contribution in [2.24, 2.45) is 5.92 Å². The Morgan fingerprint density at radius 3 is 2.68 bits per heavy atom. The molecule has 0 aliphatic heterocycles. The lowest BCUT2D eigenvalue weighted by Crippen LogP contribution is -2.19. The molecule has 4 heteroatoms. The van der Waals surface area contributed by atoms with E-state index in [1.54, 1.807) is 0 Å². The van der Waals surface area contributed by atoms with Crippen LogP contribution in [0.4, 0.5) is 0 Å². The van der Waals surface area contributed by atoms with Crippen LogP contribution in [0.5, 0.6) is 0 Å². The summed E-state index contributed by atoms with van der Waals surface area (Å²) in [6, 6.07) is 6.43. The Kier molecular flexibility index (Phi) is 8.07. The molecule has 108 valence electrons. The first-order valence-corrected chi connectivity index (χ1v) is 8.46. The van der Waals surface area contributed by atoms with Crippen molar-refractivity contribution in [3.63, 3.8) is 0 Å². The quantitative estimate of drug-likeness (QED) is 0.697. The normalized spacial score (nSPS) is 12.9. The number of aliphatic hydroxyl groups is 1. The molecule has 0 amide bonds. The van der Waals surface area contributed by atoms with Gasteiger partial charge in [-0.3, -0.25) is 0 Å². The number of rotatable bonds is 8. The molecule has 0 heterocycles. The molecule has 2 nitrogen and oxygen atoms in total. The zero-order valence-electron chi connectivity index (χ0n) is 11.9. The summed E-state index contributed by atoms with van der Waals surface area (Å²) in [6.07, 6.45) is 0.829. The van der Waals surface area contributed by atoms with E-state index in [1.807, 2.05) is 11.8 Å². The molecule has 1 unspecified atom stereocenters. The van der Waals surface area contributed by atoms with Gasteiger partial charge in [0.25, 0.3) is 0 Å². The van der Waals surface area contributed by atoms with Crippen LogP contribution in [0.25, 0.3) is 0 Å². The third kappa shape index (κ3) is 6.80. The van der Waals surface area contributed by atoms with Crippen LogP contribution in [0.1, 0.15) is 32.8 Å². The molecule has 0 aliphatic carbocycles. The van der Waals surface area contributed by atoms with E-state index in [1.165, 1.54) is 10.5 Å². The predicted molar refractivity (Wildman–Crippen MR) is 87.7 cm³/mol. The molecule has 0 radical (unpaired) electrons. The Morgan fingerprint density at radius 2 is 2.05 bits per heavy atom. The Bertz CT molecular complexity index is 384. The maximum absolute atomic E-state index is 9.01. The fourth-order valence-electron chi connectivity index (χ4n) is 1.74. The SMILES string of the molecule is CC(C)CNCc1ccc(Br)cc1SC(C)CCO. The van der Waals surface area contributed by atoms with E-state index in [2.05, 4.69) is 60.2 Å². The molecule has 0 bridgehead atoms. The van der Waals surface area contributed by atoms with E-state index < -0.39 is 0 Å². The van der Waals surface area contributed by atoms with Crippen molar-refractivity contribution < 1.29 is 5.11 Å². The van der Waals surface area contributed by atoms with Gasteiger partial charge >= 0.3 is 0 Å². The summed E-state index contributed by atoms with van der Waals surface area (Å²) in [6.45, 7) is 8.78. The largest absolute Gasteiger partial charge is 0.396 e. The lowest BCUT2D eigenvalue weighted by atomic mass is 10.2. The fraction of sp³-hybridized carbons (Fsp3) is 0.600. The fourth-order valence-corrected chi connectivity index (χ4v) is 3.39. The number of nitrogens with one attached hydrogen (secondary N) is 1. The number of benzene rings is 1. The third-order valence-corrected chi connectivity index (χ3v) is 4.53. The number of halogens is 1. The van der Waals surface area contributed by atoms with Crippen LogP contribution in [0.2, 0.25) is 0 Å². The average molecular weight is 346 g/mol. The Morgan fingerprint density at radius 1 is 1.32 bits per heavy atom. The van der Waals surface area contributed by atoms with E-state index in [0.29, 0.717) is 11.2 Å². The van der Waals surface area contributed by atoms with Crippen LogP contribution in [0.15, 0.2) is 27.6 Å². The molecule has 0 saturated carbocycles. The molecule has 1 rings (SSSR count). The standard InChI is InChI=1S/C15H24BrNOS/c1-11(2)9-17-10-13-4-5-14(16)8-15(13)19-12(3)6-7-18/h4-5,8,11-12,17-18H,6-7,9-10H2,1-3H3. The summed E-state index contributed by atoms with van der Waals surface area (Å²) >= 11 is 5.37. The molecule has 19 heavy (non-hydrogen) atoms. The molecule has 0 aromatic heterocycles. The molecule has 0 saturated heterocycles. The summed E-state index contributed by atoms with van der Waals surface area (Å²) in [7, 11) is 0. The Hall–Kier alpha value is -0.0300. The van der Waals surface area contributed by atoms with Gasteiger partial charge in [-0.25, -0.2) is 0 Å². The smallest absolute Gasteiger partial charge is 0.0441 e. The Balaban J connectivity index is 2.68. The molecule has 0 aliphatic rings. The first-order valence-electron chi connectivity index (χ1n) is 6.79. The van der Waals surface area contributed by atoms with E-state index in [0.717, 1.165) is 24.0 Å². The zero-order valence-corrected chi connectivity index (χ0v) is 14.4. The first-order chi connectivity index (χ1) is 9.02. The highest BCUT2D eigenvalue weighted by molar-refractivity contribution is 9.10. The zero-order chi connectivity index (χ0) is 14.3. The van der Waals surface area contributed by atoms with Crippen molar-refractivity contribution >= 4 is 27.7 Å². The maximum Gasteiger partial charge on any atom is 0.0441 e. The number of hydrogen-bond donors (Lipinski definition) is 2. The minimum Gasteiger partial charge on any atom is -0.396 e. The number of hydrogen-bond acceptors (Lipinski definition) is 3. The van der Waals surface area contributed by atoms with E-state index >= 15 is 0 Å². The van der Waals surface area contributed by atoms with Gasteiger partial charge in [-0.2, -0.15) is 0 Å².